The molecule has 3 rings (SSSR count). The van der Waals surface area contributed by atoms with E-state index in [1.54, 1.807) is 0 Å². The molecule has 2 aromatic rings. The number of hydrogen-bond donors (Lipinski definition) is 1. The normalized spacial score (nSPS) is 16.2. The van der Waals surface area contributed by atoms with Gasteiger partial charge in [0.2, 0.25) is 5.91 Å². The molecule has 1 amide bonds. The van der Waals surface area contributed by atoms with Crippen LogP contribution in [-0.2, 0) is 17.6 Å². The van der Waals surface area contributed by atoms with Crippen LogP contribution in [-0.4, -0.2) is 19.0 Å². The van der Waals surface area contributed by atoms with Crippen molar-refractivity contribution in [1.82, 2.24) is 5.32 Å². The number of carbonyl (C=O) groups excluding carboxylic acids is 1. The zero-order chi connectivity index (χ0) is 19.2. The Bertz CT molecular complexity index is 728. The molecule has 0 aromatic heterocycles. The molecule has 1 N–H and O–H groups in total. The van der Waals surface area contributed by atoms with E-state index in [0.29, 0.717) is 6.42 Å². The number of carbonyl (C=O) groups is 1. The van der Waals surface area contributed by atoms with E-state index in [1.807, 2.05) is 0 Å². The number of rotatable bonds is 6. The number of aryl methyl sites for hydroxylation is 1. The Morgan fingerprint density at radius 1 is 1.04 bits per heavy atom. The van der Waals surface area contributed by atoms with Crippen LogP contribution in [0, 0.1) is 5.92 Å². The van der Waals surface area contributed by atoms with Gasteiger partial charge in [-0.3, -0.25) is 4.79 Å². The summed E-state index contributed by atoms with van der Waals surface area (Å²) in [5.41, 5.74) is 4.81. The lowest BCUT2D eigenvalue weighted by Crippen LogP contribution is -2.32. The van der Waals surface area contributed by atoms with E-state index >= 15 is 0 Å². The Kier molecular flexibility index (Phi) is 6.54. The second kappa shape index (κ2) is 9.07. The highest BCUT2D eigenvalue weighted by molar-refractivity contribution is 5.79. The summed E-state index contributed by atoms with van der Waals surface area (Å²) in [6.45, 7) is 8.81. The molecule has 1 fully saturated rings. The lowest BCUT2D eigenvalue weighted by Gasteiger charge is -2.32. The summed E-state index contributed by atoms with van der Waals surface area (Å²) in [6.07, 6.45) is 4.00. The third kappa shape index (κ3) is 5.35. The second-order valence-electron chi connectivity index (χ2n) is 7.90. The molecule has 3 nitrogen and oxygen atoms in total. The van der Waals surface area contributed by atoms with Crippen LogP contribution in [0.25, 0.3) is 0 Å². The molecule has 1 aliphatic heterocycles. The Morgan fingerprint density at radius 3 is 2.22 bits per heavy atom. The van der Waals surface area contributed by atoms with Crippen molar-refractivity contribution in [2.24, 2.45) is 5.92 Å². The van der Waals surface area contributed by atoms with Crippen LogP contribution in [0.1, 0.15) is 56.3 Å². The fraction of sp³-hybridized carbons (Fsp3) is 0.458. The zero-order valence-electron chi connectivity index (χ0n) is 16.9. The van der Waals surface area contributed by atoms with Crippen molar-refractivity contribution < 1.29 is 4.79 Å². The minimum absolute atomic E-state index is 0.0165. The molecule has 0 spiro atoms. The minimum Gasteiger partial charge on any atom is -0.372 e. The van der Waals surface area contributed by atoms with Gasteiger partial charge in [-0.1, -0.05) is 50.2 Å². The highest BCUT2D eigenvalue weighted by atomic mass is 16.1. The monoisotopic (exact) mass is 364 g/mol. The molecule has 27 heavy (non-hydrogen) atoms. The van der Waals surface area contributed by atoms with Crippen LogP contribution >= 0.6 is 0 Å². The molecule has 0 saturated carbocycles. The topological polar surface area (TPSA) is 32.3 Å². The molecule has 1 saturated heterocycles. The zero-order valence-corrected chi connectivity index (χ0v) is 16.9. The molecule has 144 valence electrons. The van der Waals surface area contributed by atoms with Gasteiger partial charge in [0.1, 0.15) is 0 Å². The molecular weight excluding hydrogens is 332 g/mol. The van der Waals surface area contributed by atoms with Gasteiger partial charge in [-0.15, -0.1) is 0 Å². The minimum atomic E-state index is 0.0165. The van der Waals surface area contributed by atoms with E-state index < -0.39 is 0 Å². The van der Waals surface area contributed by atoms with Crippen LogP contribution in [0.4, 0.5) is 5.69 Å². The third-order valence-corrected chi connectivity index (χ3v) is 5.72. The predicted molar refractivity (Wildman–Crippen MR) is 113 cm³/mol. The molecular formula is C24H32N2O. The first-order chi connectivity index (χ1) is 13.0. The van der Waals surface area contributed by atoms with E-state index in [-0.39, 0.29) is 11.9 Å². The number of hydrogen-bond acceptors (Lipinski definition) is 2. The van der Waals surface area contributed by atoms with Crippen molar-refractivity contribution >= 4 is 11.6 Å². The summed E-state index contributed by atoms with van der Waals surface area (Å²) in [7, 11) is 0. The molecule has 2 aromatic carbocycles. The van der Waals surface area contributed by atoms with Crippen LogP contribution in [0.5, 0.6) is 0 Å². The third-order valence-electron chi connectivity index (χ3n) is 5.72. The Hall–Kier alpha value is -2.29. The van der Waals surface area contributed by atoms with Crippen molar-refractivity contribution in [3.05, 3.63) is 65.2 Å². The highest BCUT2D eigenvalue weighted by Crippen LogP contribution is 2.24. The molecule has 0 unspecified atom stereocenters. The van der Waals surface area contributed by atoms with Crippen LogP contribution in [0.2, 0.25) is 0 Å². The Morgan fingerprint density at radius 2 is 1.63 bits per heavy atom. The first-order valence-corrected chi connectivity index (χ1v) is 10.3. The first-order valence-electron chi connectivity index (χ1n) is 10.3. The van der Waals surface area contributed by atoms with Gasteiger partial charge in [0.15, 0.2) is 0 Å². The lowest BCUT2D eigenvalue weighted by molar-refractivity contribution is -0.121. The van der Waals surface area contributed by atoms with Crippen molar-refractivity contribution in [3.63, 3.8) is 0 Å². The number of amides is 1. The van der Waals surface area contributed by atoms with Crippen LogP contribution in [0.3, 0.4) is 0 Å². The summed E-state index contributed by atoms with van der Waals surface area (Å²) in [4.78, 5) is 14.8. The number of benzene rings is 2. The first kappa shape index (κ1) is 19.5. The molecule has 1 heterocycles. The lowest BCUT2D eigenvalue weighted by atomic mass is 9.98. The average Bonchev–Trinajstić information content (AvgIpc) is 2.69. The maximum absolute atomic E-state index is 12.4. The van der Waals surface area contributed by atoms with Gasteiger partial charge in [0, 0.05) is 18.8 Å². The maximum atomic E-state index is 12.4. The molecule has 0 bridgehead atoms. The highest BCUT2D eigenvalue weighted by Gasteiger charge is 2.16. The van der Waals surface area contributed by atoms with Crippen molar-refractivity contribution in [2.75, 3.05) is 18.0 Å². The molecule has 3 heteroatoms. The largest absolute Gasteiger partial charge is 0.372 e. The van der Waals surface area contributed by atoms with E-state index in [1.165, 1.54) is 24.1 Å². The Balaban J connectivity index is 1.53. The van der Waals surface area contributed by atoms with Crippen LogP contribution in [0.15, 0.2) is 48.5 Å². The van der Waals surface area contributed by atoms with Gasteiger partial charge in [-0.25, -0.2) is 0 Å². The summed E-state index contributed by atoms with van der Waals surface area (Å²) in [5, 5.41) is 3.13. The van der Waals surface area contributed by atoms with E-state index in [4.69, 9.17) is 0 Å². The molecule has 1 atom stereocenters. The van der Waals surface area contributed by atoms with Gasteiger partial charge in [-0.2, -0.15) is 0 Å². The average molecular weight is 365 g/mol. The standard InChI is InChI=1S/C24H32N2O/c1-4-20-5-7-21(8-6-20)17-24(27)25-19(3)22-9-11-23(12-10-22)26-15-13-18(2)14-16-26/h5-12,18-19H,4,13-17H2,1-3H3,(H,25,27)/t19-/m0/s1. The van der Waals surface area contributed by atoms with Crippen molar-refractivity contribution in [2.45, 2.75) is 52.5 Å². The van der Waals surface area contributed by atoms with E-state index in [0.717, 1.165) is 36.6 Å². The van der Waals surface area contributed by atoms with Crippen LogP contribution < -0.4 is 10.2 Å². The number of piperidine rings is 1. The summed E-state index contributed by atoms with van der Waals surface area (Å²) in [6, 6.07) is 17.0. The Labute approximate surface area is 163 Å². The second-order valence-corrected chi connectivity index (χ2v) is 7.90. The molecule has 1 aliphatic rings. The summed E-state index contributed by atoms with van der Waals surface area (Å²) >= 11 is 0. The quantitative estimate of drug-likeness (QED) is 0.790. The smallest absolute Gasteiger partial charge is 0.224 e. The number of nitrogens with zero attached hydrogens (tertiary/aromatic N) is 1. The molecule has 0 radical (unpaired) electrons. The summed E-state index contributed by atoms with van der Waals surface area (Å²) < 4.78 is 0. The number of nitrogens with one attached hydrogen (secondary N) is 1. The van der Waals surface area contributed by atoms with Crippen molar-refractivity contribution in [3.8, 4) is 0 Å². The fourth-order valence-corrected chi connectivity index (χ4v) is 3.69. The molecule has 0 aliphatic carbocycles. The number of anilines is 1. The van der Waals surface area contributed by atoms with Gasteiger partial charge in [-0.05, 0) is 60.9 Å². The summed E-state index contributed by atoms with van der Waals surface area (Å²) in [5.74, 6) is 0.912. The SMILES string of the molecule is CCc1ccc(CC(=O)N[C@@H](C)c2ccc(N3CCC(C)CC3)cc2)cc1. The van der Waals surface area contributed by atoms with Gasteiger partial charge < -0.3 is 10.2 Å². The van der Waals surface area contributed by atoms with Gasteiger partial charge in [0.05, 0.1) is 12.5 Å². The maximum Gasteiger partial charge on any atom is 0.224 e. The van der Waals surface area contributed by atoms with E-state index in [2.05, 4.69) is 79.5 Å². The van der Waals surface area contributed by atoms with Crippen molar-refractivity contribution in [1.29, 1.82) is 0 Å². The van der Waals surface area contributed by atoms with Gasteiger partial charge >= 0.3 is 0 Å². The van der Waals surface area contributed by atoms with Gasteiger partial charge in [0.25, 0.3) is 0 Å². The fourth-order valence-electron chi connectivity index (χ4n) is 3.69. The predicted octanol–water partition coefficient (Wildman–Crippen LogP) is 4.91. The van der Waals surface area contributed by atoms with E-state index in [9.17, 15) is 4.79 Å².